The summed E-state index contributed by atoms with van der Waals surface area (Å²) in [5.74, 6) is 1.43. The van der Waals surface area contributed by atoms with E-state index in [4.69, 9.17) is 14.5 Å². The lowest BCUT2D eigenvalue weighted by Crippen LogP contribution is -2.26. The maximum Gasteiger partial charge on any atom is 0.264 e. The number of aromatic nitrogens is 7. The van der Waals surface area contributed by atoms with Gasteiger partial charge in [-0.1, -0.05) is 0 Å². The zero-order valence-electron chi connectivity index (χ0n) is 20.2. The molecule has 0 spiro atoms. The summed E-state index contributed by atoms with van der Waals surface area (Å²) in [6.07, 6.45) is 9.24. The number of anilines is 2. The van der Waals surface area contributed by atoms with Crippen molar-refractivity contribution in [3.8, 4) is 22.8 Å². The van der Waals surface area contributed by atoms with Gasteiger partial charge in [-0.05, 0) is 18.2 Å². The molecule has 0 bridgehead atoms. The zero-order valence-corrected chi connectivity index (χ0v) is 20.2. The Morgan fingerprint density at radius 3 is 2.40 bits per heavy atom. The first-order valence-electron chi connectivity index (χ1n) is 11.2. The van der Waals surface area contributed by atoms with Crippen LogP contribution in [0.4, 0.5) is 11.4 Å². The number of hydrogen-bond donors (Lipinski definition) is 0. The van der Waals surface area contributed by atoms with Gasteiger partial charge in [0.15, 0.2) is 0 Å². The Labute approximate surface area is 203 Å². The highest BCUT2D eigenvalue weighted by Crippen LogP contribution is 2.34. The fourth-order valence-electron chi connectivity index (χ4n) is 3.95. The molecule has 178 valence electrons. The summed E-state index contributed by atoms with van der Waals surface area (Å²) in [7, 11) is 7.14. The van der Waals surface area contributed by atoms with Crippen molar-refractivity contribution in [1.82, 2.24) is 29.5 Å². The van der Waals surface area contributed by atoms with Crippen LogP contribution >= 0.6 is 0 Å². The third-order valence-corrected chi connectivity index (χ3v) is 5.74. The average molecular weight is 472 g/mol. The smallest absolute Gasteiger partial charge is 0.264 e. The second kappa shape index (κ2) is 9.41. The van der Waals surface area contributed by atoms with Crippen LogP contribution < -0.4 is 18.9 Å². The van der Waals surface area contributed by atoms with Gasteiger partial charge in [-0.2, -0.15) is 5.10 Å². The van der Waals surface area contributed by atoms with Crippen LogP contribution in [-0.2, 0) is 20.6 Å². The molecule has 35 heavy (non-hydrogen) atoms. The molecule has 3 aromatic heterocycles. The van der Waals surface area contributed by atoms with Gasteiger partial charge in [-0.25, -0.2) is 9.55 Å². The van der Waals surface area contributed by atoms with Gasteiger partial charge in [-0.15, -0.1) is 4.68 Å². The van der Waals surface area contributed by atoms with Crippen LogP contribution in [0.1, 0.15) is 0 Å². The molecule has 0 aliphatic rings. The van der Waals surface area contributed by atoms with Crippen molar-refractivity contribution >= 4 is 22.4 Å². The van der Waals surface area contributed by atoms with E-state index in [-0.39, 0.29) is 0 Å². The number of nitrogens with zero attached hydrogens (tertiary/aromatic N) is 8. The van der Waals surface area contributed by atoms with Crippen LogP contribution in [0, 0.1) is 0 Å². The van der Waals surface area contributed by atoms with Crippen molar-refractivity contribution in [1.29, 1.82) is 0 Å². The summed E-state index contributed by atoms with van der Waals surface area (Å²) < 4.78 is 16.6. The van der Waals surface area contributed by atoms with Crippen molar-refractivity contribution in [2.75, 3.05) is 25.7 Å². The maximum atomic E-state index is 5.53. The first-order chi connectivity index (χ1) is 17.0. The number of fused-ring (bicyclic) bond motifs is 1. The minimum atomic E-state index is 0.666. The summed E-state index contributed by atoms with van der Waals surface area (Å²) in [5, 5.41) is 8.67. The first-order valence-corrected chi connectivity index (χ1v) is 11.2. The van der Waals surface area contributed by atoms with Crippen LogP contribution in [0.2, 0.25) is 0 Å². The Kier molecular flexibility index (Phi) is 6.01. The molecule has 10 heteroatoms. The second-order valence-corrected chi connectivity index (χ2v) is 8.23. The van der Waals surface area contributed by atoms with E-state index < -0.39 is 0 Å². The van der Waals surface area contributed by atoms with Crippen LogP contribution in [0.15, 0.2) is 67.6 Å². The van der Waals surface area contributed by atoms with Crippen LogP contribution in [0.5, 0.6) is 11.5 Å². The van der Waals surface area contributed by atoms with Gasteiger partial charge in [0.05, 0.1) is 56.9 Å². The first kappa shape index (κ1) is 22.3. The number of benzene rings is 2. The molecule has 0 amide bonds. The van der Waals surface area contributed by atoms with Gasteiger partial charge in [0.25, 0.3) is 6.33 Å². The monoisotopic (exact) mass is 471 g/mol. The zero-order chi connectivity index (χ0) is 24.4. The molecule has 5 aromatic rings. The molecule has 0 fully saturated rings. The molecular weight excluding hydrogens is 444 g/mol. The summed E-state index contributed by atoms with van der Waals surface area (Å²) in [5.41, 5.74) is 5.24. The molecule has 0 aliphatic carbocycles. The van der Waals surface area contributed by atoms with Crippen molar-refractivity contribution in [3.63, 3.8) is 0 Å². The molecule has 0 atom stereocenters. The Bertz CT molecular complexity index is 1450. The van der Waals surface area contributed by atoms with E-state index in [9.17, 15) is 0 Å². The van der Waals surface area contributed by atoms with Crippen molar-refractivity contribution < 1.29 is 14.0 Å². The lowest BCUT2D eigenvalue weighted by atomic mass is 10.2. The summed E-state index contributed by atoms with van der Waals surface area (Å²) >= 11 is 0. The largest absolute Gasteiger partial charge is 0.497 e. The van der Waals surface area contributed by atoms with E-state index in [1.54, 1.807) is 37.6 Å². The third kappa shape index (κ3) is 4.77. The van der Waals surface area contributed by atoms with Crippen LogP contribution in [0.3, 0.4) is 0 Å². The van der Waals surface area contributed by atoms with Gasteiger partial charge < -0.3 is 14.4 Å². The van der Waals surface area contributed by atoms with Gasteiger partial charge in [0.2, 0.25) is 6.33 Å². The second-order valence-electron chi connectivity index (χ2n) is 8.23. The fourth-order valence-corrected chi connectivity index (χ4v) is 3.95. The van der Waals surface area contributed by atoms with Gasteiger partial charge >= 0.3 is 0 Å². The van der Waals surface area contributed by atoms with Gasteiger partial charge in [-0.3, -0.25) is 9.67 Å². The fraction of sp³-hybridized carbons (Fsp3) is 0.240. The highest BCUT2D eigenvalue weighted by atomic mass is 16.5. The number of ether oxygens (including phenoxy) is 2. The molecule has 3 heterocycles. The number of rotatable bonds is 8. The molecule has 2 aromatic carbocycles. The van der Waals surface area contributed by atoms with Gasteiger partial charge in [0, 0.05) is 53.5 Å². The van der Waals surface area contributed by atoms with Crippen molar-refractivity contribution in [3.05, 3.63) is 67.6 Å². The standard InChI is InChI=1S/C25H27N8O2/c1-30-16-28-32(17-30)7-8-33(20-9-21(34-3)12-22(10-20)35-4)19-5-6-23-24(11-19)29-25(14-26-23)18-13-27-31(2)15-18/h5-6,9-17H,7-8H2,1-4H3/q+1. The highest BCUT2D eigenvalue weighted by molar-refractivity contribution is 5.82. The molecule has 0 unspecified atom stereocenters. The Morgan fingerprint density at radius 1 is 0.943 bits per heavy atom. The highest BCUT2D eigenvalue weighted by Gasteiger charge is 2.16. The predicted octanol–water partition coefficient (Wildman–Crippen LogP) is 2.91. The maximum absolute atomic E-state index is 5.53. The number of methoxy groups -OCH3 is 2. The molecule has 0 aliphatic heterocycles. The summed E-state index contributed by atoms with van der Waals surface area (Å²) in [6.45, 7) is 1.35. The Morgan fingerprint density at radius 2 is 1.74 bits per heavy atom. The lowest BCUT2D eigenvalue weighted by Gasteiger charge is -2.25. The summed E-state index contributed by atoms with van der Waals surface area (Å²) in [4.78, 5) is 11.7. The predicted molar refractivity (Wildman–Crippen MR) is 132 cm³/mol. The Hall–Kier alpha value is -4.47. The number of aryl methyl sites for hydroxylation is 2. The lowest BCUT2D eigenvalue weighted by molar-refractivity contribution is -0.672. The van der Waals surface area contributed by atoms with E-state index in [1.807, 2.05) is 60.1 Å². The summed E-state index contributed by atoms with van der Waals surface area (Å²) in [6, 6.07) is 11.9. The molecule has 5 rings (SSSR count). The van der Waals surface area contributed by atoms with Crippen molar-refractivity contribution in [2.45, 2.75) is 6.54 Å². The van der Waals surface area contributed by atoms with E-state index in [0.29, 0.717) is 24.6 Å². The Balaban J connectivity index is 1.57. The SMILES string of the molecule is COc1cc(OC)cc(N(CCn2c[n+](C)cn2)c2ccc3ncc(-c4cnn(C)c4)nc3c2)c1. The van der Waals surface area contributed by atoms with E-state index in [2.05, 4.69) is 32.2 Å². The van der Waals surface area contributed by atoms with E-state index in [0.717, 1.165) is 33.7 Å². The minimum Gasteiger partial charge on any atom is -0.497 e. The van der Waals surface area contributed by atoms with E-state index in [1.165, 1.54) is 0 Å². The quantitative estimate of drug-likeness (QED) is 0.322. The average Bonchev–Trinajstić information content (AvgIpc) is 3.51. The third-order valence-electron chi connectivity index (χ3n) is 5.74. The van der Waals surface area contributed by atoms with Gasteiger partial charge in [0.1, 0.15) is 18.0 Å². The number of hydrogen-bond acceptors (Lipinski definition) is 7. The normalized spacial score (nSPS) is 11.1. The molecule has 0 N–H and O–H groups in total. The molecular formula is C25H27N8O2+. The molecule has 10 nitrogen and oxygen atoms in total. The minimum absolute atomic E-state index is 0.666. The molecule has 0 saturated heterocycles. The van der Waals surface area contributed by atoms with Crippen molar-refractivity contribution in [2.24, 2.45) is 14.1 Å². The van der Waals surface area contributed by atoms with Crippen LogP contribution in [0.25, 0.3) is 22.3 Å². The topological polar surface area (TPSA) is 87.0 Å². The van der Waals surface area contributed by atoms with Crippen LogP contribution in [-0.4, -0.2) is 50.3 Å². The molecule has 0 saturated carbocycles. The molecule has 0 radical (unpaired) electrons. The van der Waals surface area contributed by atoms with E-state index >= 15 is 0 Å².